The molecule has 0 aliphatic rings. The SMILES string of the molecule is CN(CC(=O)N[C@H]([C]=O)C[C]=O)C(=O)CCCCCn1ccnc1. The number of aromatic nitrogens is 2. The van der Waals surface area contributed by atoms with Gasteiger partial charge in [-0.3, -0.25) is 19.2 Å². The van der Waals surface area contributed by atoms with Gasteiger partial charge in [-0.05, 0) is 12.8 Å². The maximum Gasteiger partial charge on any atom is 0.240 e. The summed E-state index contributed by atoms with van der Waals surface area (Å²) >= 11 is 0. The first kappa shape index (κ1) is 19.5. The molecule has 0 aliphatic carbocycles. The van der Waals surface area contributed by atoms with Crippen LogP contribution in [0.4, 0.5) is 0 Å². The number of rotatable bonds is 12. The molecule has 0 saturated heterocycles. The number of amides is 2. The van der Waals surface area contributed by atoms with Gasteiger partial charge in [0.1, 0.15) is 6.04 Å². The van der Waals surface area contributed by atoms with Crippen LogP contribution in [0.15, 0.2) is 18.7 Å². The van der Waals surface area contributed by atoms with Gasteiger partial charge >= 0.3 is 0 Å². The number of imidazole rings is 1. The Hall–Kier alpha value is -2.51. The second-order valence-corrected chi connectivity index (χ2v) is 5.45. The summed E-state index contributed by atoms with van der Waals surface area (Å²) in [5.41, 5.74) is 0. The van der Waals surface area contributed by atoms with Crippen molar-refractivity contribution in [2.75, 3.05) is 13.6 Å². The Balaban J connectivity index is 2.17. The van der Waals surface area contributed by atoms with Gasteiger partial charge in [0.25, 0.3) is 0 Å². The second-order valence-electron chi connectivity index (χ2n) is 5.45. The number of hydrogen-bond donors (Lipinski definition) is 1. The minimum Gasteiger partial charge on any atom is -0.344 e. The minimum atomic E-state index is -1.01. The fourth-order valence-electron chi connectivity index (χ4n) is 2.11. The average molecular weight is 334 g/mol. The van der Waals surface area contributed by atoms with Crippen molar-refractivity contribution in [2.45, 2.75) is 44.7 Å². The Morgan fingerprint density at radius 2 is 2.08 bits per heavy atom. The highest BCUT2D eigenvalue weighted by atomic mass is 16.2. The van der Waals surface area contributed by atoms with E-state index in [4.69, 9.17) is 0 Å². The fourth-order valence-corrected chi connectivity index (χ4v) is 2.11. The predicted octanol–water partition coefficient (Wildman–Crippen LogP) is -0.00380. The highest BCUT2D eigenvalue weighted by Gasteiger charge is 2.16. The van der Waals surface area contributed by atoms with Gasteiger partial charge < -0.3 is 14.8 Å². The third-order valence-corrected chi connectivity index (χ3v) is 3.44. The minimum absolute atomic E-state index is 0.138. The smallest absolute Gasteiger partial charge is 0.240 e. The van der Waals surface area contributed by atoms with Gasteiger partial charge in [-0.2, -0.15) is 0 Å². The zero-order valence-corrected chi connectivity index (χ0v) is 13.7. The number of unbranched alkanes of at least 4 members (excludes halogenated alkanes) is 2. The normalized spacial score (nSPS) is 11.5. The van der Waals surface area contributed by atoms with Crippen LogP contribution < -0.4 is 5.32 Å². The lowest BCUT2D eigenvalue weighted by atomic mass is 10.2. The molecule has 0 fully saturated rings. The molecule has 1 aromatic heterocycles. The van der Waals surface area contributed by atoms with Crippen molar-refractivity contribution >= 4 is 24.4 Å². The molecule has 0 aromatic carbocycles. The summed E-state index contributed by atoms with van der Waals surface area (Å²) in [6.45, 7) is 0.703. The Morgan fingerprint density at radius 3 is 2.71 bits per heavy atom. The van der Waals surface area contributed by atoms with Gasteiger partial charge in [0.15, 0.2) is 0 Å². The van der Waals surface area contributed by atoms with E-state index in [1.54, 1.807) is 18.8 Å². The molecule has 0 unspecified atom stereocenters. The van der Waals surface area contributed by atoms with Crippen LogP contribution in [-0.2, 0) is 25.7 Å². The number of hydrogen-bond acceptors (Lipinski definition) is 5. The summed E-state index contributed by atoms with van der Waals surface area (Å²) in [6.07, 6.45) is 11.2. The molecule has 0 saturated carbocycles. The van der Waals surface area contributed by atoms with Crippen LogP contribution in [0.1, 0.15) is 32.1 Å². The second kappa shape index (κ2) is 11.1. The third kappa shape index (κ3) is 7.66. The Bertz CT molecular complexity index is 530. The third-order valence-electron chi connectivity index (χ3n) is 3.44. The quantitative estimate of drug-likeness (QED) is 0.542. The van der Waals surface area contributed by atoms with E-state index in [1.807, 2.05) is 10.8 Å². The van der Waals surface area contributed by atoms with E-state index < -0.39 is 11.9 Å². The molecular formula is C16H22N4O4. The molecule has 8 heteroatoms. The van der Waals surface area contributed by atoms with Crippen molar-refractivity contribution in [1.82, 2.24) is 19.8 Å². The Morgan fingerprint density at radius 1 is 1.29 bits per heavy atom. The van der Waals surface area contributed by atoms with Crippen molar-refractivity contribution in [1.29, 1.82) is 0 Å². The Kier molecular flexibility index (Phi) is 9.03. The van der Waals surface area contributed by atoms with E-state index in [9.17, 15) is 19.2 Å². The van der Waals surface area contributed by atoms with Crippen LogP contribution >= 0.6 is 0 Å². The van der Waals surface area contributed by atoms with E-state index in [0.717, 1.165) is 25.8 Å². The molecule has 0 aliphatic heterocycles. The van der Waals surface area contributed by atoms with Crippen LogP contribution in [0, 0.1) is 0 Å². The summed E-state index contributed by atoms with van der Waals surface area (Å²) in [5, 5.41) is 2.32. The van der Waals surface area contributed by atoms with E-state index in [-0.39, 0.29) is 18.9 Å². The number of likely N-dealkylation sites (N-methyl/N-ethyl adjacent to an activating group) is 1. The zero-order valence-electron chi connectivity index (χ0n) is 13.7. The average Bonchev–Trinajstić information content (AvgIpc) is 3.07. The summed E-state index contributed by atoms with van der Waals surface area (Å²) in [6, 6.07) is -1.01. The first-order valence-corrected chi connectivity index (χ1v) is 7.78. The van der Waals surface area contributed by atoms with Crippen molar-refractivity contribution in [2.24, 2.45) is 0 Å². The number of nitrogens with one attached hydrogen (secondary N) is 1. The van der Waals surface area contributed by atoms with Gasteiger partial charge in [0.2, 0.25) is 24.4 Å². The van der Waals surface area contributed by atoms with Crippen molar-refractivity contribution in [3.63, 3.8) is 0 Å². The highest BCUT2D eigenvalue weighted by Crippen LogP contribution is 2.04. The van der Waals surface area contributed by atoms with E-state index in [1.165, 1.54) is 18.2 Å². The number of carbonyl (C=O) groups is 2. The summed E-state index contributed by atoms with van der Waals surface area (Å²) in [7, 11) is 1.53. The summed E-state index contributed by atoms with van der Waals surface area (Å²) in [4.78, 5) is 49.6. The largest absolute Gasteiger partial charge is 0.344 e. The van der Waals surface area contributed by atoms with E-state index in [0.29, 0.717) is 6.42 Å². The predicted molar refractivity (Wildman–Crippen MR) is 86.3 cm³/mol. The number of carbonyl (C=O) groups excluding carboxylic acids is 4. The number of aryl methyl sites for hydroxylation is 1. The molecule has 24 heavy (non-hydrogen) atoms. The van der Waals surface area contributed by atoms with Crippen molar-refractivity contribution < 1.29 is 19.2 Å². The topological polar surface area (TPSA) is 101 Å². The van der Waals surface area contributed by atoms with Gasteiger partial charge in [0, 0.05) is 38.8 Å². The maximum absolute atomic E-state index is 11.9. The number of nitrogens with zero attached hydrogens (tertiary/aromatic N) is 3. The lowest BCUT2D eigenvalue weighted by molar-refractivity contribution is -0.134. The molecule has 1 rings (SSSR count). The lowest BCUT2D eigenvalue weighted by Gasteiger charge is -2.17. The summed E-state index contributed by atoms with van der Waals surface area (Å²) in [5.74, 6) is -0.643. The standard InChI is InChI=1S/C16H22N4O4/c1-19(11-15(23)18-14(12-22)6-10-21)16(24)5-3-2-4-8-20-9-7-17-13-20/h7,9,13-14H,2-6,8,11H2,1H3,(H,18,23)/t14-/m0/s1. The summed E-state index contributed by atoms with van der Waals surface area (Å²) < 4.78 is 1.98. The van der Waals surface area contributed by atoms with Crippen molar-refractivity contribution in [3.05, 3.63) is 18.7 Å². The molecule has 0 spiro atoms. The molecule has 1 N–H and O–H groups in total. The van der Waals surface area contributed by atoms with Gasteiger partial charge in [0.05, 0.1) is 12.9 Å². The fraction of sp³-hybridized carbons (Fsp3) is 0.562. The van der Waals surface area contributed by atoms with Gasteiger partial charge in [-0.1, -0.05) is 6.42 Å². The van der Waals surface area contributed by atoms with E-state index >= 15 is 0 Å². The lowest BCUT2D eigenvalue weighted by Crippen LogP contribution is -2.43. The highest BCUT2D eigenvalue weighted by molar-refractivity contribution is 5.86. The molecule has 2 amide bonds. The monoisotopic (exact) mass is 334 g/mol. The van der Waals surface area contributed by atoms with Crippen LogP contribution in [0.3, 0.4) is 0 Å². The zero-order chi connectivity index (χ0) is 17.8. The molecule has 1 atom stereocenters. The maximum atomic E-state index is 11.9. The first-order chi connectivity index (χ1) is 11.6. The Labute approximate surface area is 141 Å². The molecule has 1 aromatic rings. The van der Waals surface area contributed by atoms with Crippen LogP contribution in [0.5, 0.6) is 0 Å². The van der Waals surface area contributed by atoms with Gasteiger partial charge in [-0.25, -0.2) is 4.98 Å². The molecule has 0 bridgehead atoms. The molecular weight excluding hydrogens is 312 g/mol. The van der Waals surface area contributed by atoms with Crippen LogP contribution in [0.25, 0.3) is 0 Å². The molecule has 1 heterocycles. The molecule has 8 nitrogen and oxygen atoms in total. The van der Waals surface area contributed by atoms with E-state index in [2.05, 4.69) is 10.3 Å². The van der Waals surface area contributed by atoms with Gasteiger partial charge in [-0.15, -0.1) is 0 Å². The molecule has 2 radical (unpaired) electrons. The van der Waals surface area contributed by atoms with Crippen LogP contribution in [0.2, 0.25) is 0 Å². The molecule has 130 valence electrons. The first-order valence-electron chi connectivity index (χ1n) is 7.78. The van der Waals surface area contributed by atoms with Crippen LogP contribution in [-0.4, -0.2) is 58.5 Å². The van der Waals surface area contributed by atoms with Crippen molar-refractivity contribution in [3.8, 4) is 0 Å².